The maximum atomic E-state index is 12.2. The molecule has 1 saturated heterocycles. The number of carbonyl (C=O) groups excluding carboxylic acids is 1. The van der Waals surface area contributed by atoms with Gasteiger partial charge >= 0.3 is 0 Å². The lowest BCUT2D eigenvalue weighted by atomic mass is 10.1. The summed E-state index contributed by atoms with van der Waals surface area (Å²) in [5.41, 5.74) is 1.23. The average molecular weight is 378 g/mol. The van der Waals surface area contributed by atoms with E-state index in [9.17, 15) is 4.79 Å². The van der Waals surface area contributed by atoms with Crippen LogP contribution in [0.25, 0.3) is 0 Å². The van der Waals surface area contributed by atoms with Crippen LogP contribution in [0.3, 0.4) is 0 Å². The van der Waals surface area contributed by atoms with Crippen LogP contribution in [0.2, 0.25) is 0 Å². The Bertz CT molecular complexity index is 509. The summed E-state index contributed by atoms with van der Waals surface area (Å²) in [6.07, 6.45) is 5.54. The van der Waals surface area contributed by atoms with Crippen LogP contribution in [0.5, 0.6) is 5.88 Å². The van der Waals surface area contributed by atoms with Gasteiger partial charge in [-0.15, -0.1) is 0 Å². The summed E-state index contributed by atoms with van der Waals surface area (Å²) >= 11 is 0. The number of aryl methyl sites for hydroxylation is 1. The van der Waals surface area contributed by atoms with Crippen LogP contribution in [0, 0.1) is 5.92 Å². The molecule has 0 N–H and O–H groups in total. The third kappa shape index (κ3) is 9.23. The van der Waals surface area contributed by atoms with Crippen LogP contribution in [0.15, 0.2) is 18.3 Å². The first-order chi connectivity index (χ1) is 13.1. The van der Waals surface area contributed by atoms with Crippen molar-refractivity contribution in [1.29, 1.82) is 0 Å². The number of aromatic nitrogens is 1. The van der Waals surface area contributed by atoms with Crippen molar-refractivity contribution in [2.24, 2.45) is 5.92 Å². The zero-order chi connectivity index (χ0) is 20.1. The molecule has 0 radical (unpaired) electrons. The molecule has 5 nitrogen and oxygen atoms in total. The first-order valence-electron chi connectivity index (χ1n) is 10.7. The summed E-state index contributed by atoms with van der Waals surface area (Å²) in [6.45, 7) is 15.8. The number of amides is 1. The number of rotatable bonds is 9. The molecule has 1 amide bonds. The maximum absolute atomic E-state index is 12.2. The molecule has 0 saturated carbocycles. The Hall–Kier alpha value is -1.62. The van der Waals surface area contributed by atoms with Gasteiger partial charge in [0.1, 0.15) is 0 Å². The SMILES string of the molecule is CC.CCc1ccc(OCCCN2CCN(C(=O)CCC(C)C)CC2)nc1. The van der Waals surface area contributed by atoms with Crippen molar-refractivity contribution in [3.05, 3.63) is 23.9 Å². The van der Waals surface area contributed by atoms with Crippen molar-refractivity contribution >= 4 is 5.91 Å². The van der Waals surface area contributed by atoms with E-state index in [0.717, 1.165) is 52.0 Å². The van der Waals surface area contributed by atoms with E-state index in [4.69, 9.17) is 4.74 Å². The molecule has 0 spiro atoms. The molecule has 0 aliphatic carbocycles. The van der Waals surface area contributed by atoms with E-state index in [-0.39, 0.29) is 0 Å². The highest BCUT2D eigenvalue weighted by Gasteiger charge is 2.20. The van der Waals surface area contributed by atoms with E-state index >= 15 is 0 Å². The summed E-state index contributed by atoms with van der Waals surface area (Å²) in [5, 5.41) is 0. The van der Waals surface area contributed by atoms with E-state index in [1.807, 2.05) is 31.0 Å². The molecule has 27 heavy (non-hydrogen) atoms. The first kappa shape index (κ1) is 23.4. The fourth-order valence-corrected chi connectivity index (χ4v) is 2.96. The van der Waals surface area contributed by atoms with E-state index in [0.29, 0.717) is 30.7 Å². The number of nitrogens with zero attached hydrogens (tertiary/aromatic N) is 3. The number of piperazine rings is 1. The molecule has 5 heteroatoms. The number of pyridine rings is 1. The van der Waals surface area contributed by atoms with Gasteiger partial charge in [0.25, 0.3) is 0 Å². The monoisotopic (exact) mass is 377 g/mol. The molecule has 1 aromatic heterocycles. The Labute approximate surface area is 166 Å². The second-order valence-electron chi connectivity index (χ2n) is 7.22. The van der Waals surface area contributed by atoms with E-state index in [1.54, 1.807) is 0 Å². The quantitative estimate of drug-likeness (QED) is 0.610. The van der Waals surface area contributed by atoms with Gasteiger partial charge in [-0.05, 0) is 30.7 Å². The average Bonchev–Trinajstić information content (AvgIpc) is 2.71. The molecule has 2 rings (SSSR count). The molecule has 0 unspecified atom stereocenters. The minimum Gasteiger partial charge on any atom is -0.478 e. The Morgan fingerprint density at radius 1 is 1.19 bits per heavy atom. The molecular weight excluding hydrogens is 338 g/mol. The molecule has 2 heterocycles. The van der Waals surface area contributed by atoms with Crippen LogP contribution in [0.4, 0.5) is 0 Å². The fraction of sp³-hybridized carbons (Fsp3) is 0.727. The molecule has 154 valence electrons. The van der Waals surface area contributed by atoms with Gasteiger partial charge in [0.15, 0.2) is 0 Å². The smallest absolute Gasteiger partial charge is 0.222 e. The zero-order valence-corrected chi connectivity index (χ0v) is 18.0. The molecule has 0 bridgehead atoms. The van der Waals surface area contributed by atoms with Crippen LogP contribution in [-0.4, -0.2) is 60.0 Å². The standard InChI is InChI=1S/C20H33N3O2.C2H6/c1-4-18-7-8-19(21-16-18)25-15-5-10-22-11-13-23(14-12-22)20(24)9-6-17(2)3;1-2/h7-8,16-17H,4-6,9-15H2,1-3H3;1-2H3. The number of carbonyl (C=O) groups is 1. The molecule has 1 fully saturated rings. The van der Waals surface area contributed by atoms with E-state index in [1.165, 1.54) is 5.56 Å². The number of hydrogen-bond donors (Lipinski definition) is 0. The fourth-order valence-electron chi connectivity index (χ4n) is 2.96. The predicted octanol–water partition coefficient (Wildman–Crippen LogP) is 4.02. The molecular formula is C22H39N3O2. The Morgan fingerprint density at radius 2 is 1.89 bits per heavy atom. The minimum absolute atomic E-state index is 0.318. The van der Waals surface area contributed by atoms with Crippen molar-refractivity contribution in [2.75, 3.05) is 39.3 Å². The van der Waals surface area contributed by atoms with Crippen LogP contribution in [0.1, 0.15) is 59.4 Å². The summed E-state index contributed by atoms with van der Waals surface area (Å²) < 4.78 is 5.71. The van der Waals surface area contributed by atoms with Crippen molar-refractivity contribution in [1.82, 2.24) is 14.8 Å². The molecule has 1 aliphatic rings. The summed E-state index contributed by atoms with van der Waals surface area (Å²) in [5.74, 6) is 1.62. The normalized spacial score (nSPS) is 14.7. The predicted molar refractivity (Wildman–Crippen MR) is 112 cm³/mol. The maximum Gasteiger partial charge on any atom is 0.222 e. The van der Waals surface area contributed by atoms with Crippen molar-refractivity contribution in [3.63, 3.8) is 0 Å². The summed E-state index contributed by atoms with van der Waals surface area (Å²) in [7, 11) is 0. The largest absolute Gasteiger partial charge is 0.478 e. The number of ether oxygens (including phenoxy) is 1. The van der Waals surface area contributed by atoms with E-state index < -0.39 is 0 Å². The third-order valence-corrected chi connectivity index (χ3v) is 4.74. The number of hydrogen-bond acceptors (Lipinski definition) is 4. The lowest BCUT2D eigenvalue weighted by Crippen LogP contribution is -2.49. The van der Waals surface area contributed by atoms with Gasteiger partial charge in [-0.1, -0.05) is 40.7 Å². The summed E-state index contributed by atoms with van der Waals surface area (Å²) in [6, 6.07) is 4.01. The second kappa shape index (κ2) is 13.5. The van der Waals surface area contributed by atoms with Crippen LogP contribution in [-0.2, 0) is 11.2 Å². The molecule has 0 aromatic carbocycles. The molecule has 1 aromatic rings. The van der Waals surface area contributed by atoms with Gasteiger partial charge in [-0.25, -0.2) is 4.98 Å². The van der Waals surface area contributed by atoms with Gasteiger partial charge < -0.3 is 9.64 Å². The van der Waals surface area contributed by atoms with Gasteiger partial charge in [0.2, 0.25) is 11.8 Å². The van der Waals surface area contributed by atoms with Crippen molar-refractivity contribution in [3.8, 4) is 5.88 Å². The van der Waals surface area contributed by atoms with Crippen molar-refractivity contribution < 1.29 is 9.53 Å². The Balaban J connectivity index is 0.00000176. The van der Waals surface area contributed by atoms with Crippen molar-refractivity contribution in [2.45, 2.75) is 60.3 Å². The lowest BCUT2D eigenvalue weighted by Gasteiger charge is -2.34. The van der Waals surface area contributed by atoms with E-state index in [2.05, 4.69) is 36.7 Å². The van der Waals surface area contributed by atoms with Gasteiger partial charge in [0.05, 0.1) is 6.61 Å². The molecule has 0 atom stereocenters. The highest BCUT2D eigenvalue weighted by Crippen LogP contribution is 2.11. The van der Waals surface area contributed by atoms with Gasteiger partial charge in [-0.2, -0.15) is 0 Å². The summed E-state index contributed by atoms with van der Waals surface area (Å²) in [4.78, 5) is 20.9. The second-order valence-corrected chi connectivity index (χ2v) is 7.22. The zero-order valence-electron chi connectivity index (χ0n) is 18.0. The molecule has 1 aliphatic heterocycles. The lowest BCUT2D eigenvalue weighted by molar-refractivity contribution is -0.133. The minimum atomic E-state index is 0.318. The Morgan fingerprint density at radius 3 is 2.44 bits per heavy atom. The highest BCUT2D eigenvalue weighted by atomic mass is 16.5. The van der Waals surface area contributed by atoms with Crippen LogP contribution < -0.4 is 4.74 Å². The van der Waals surface area contributed by atoms with Gasteiger partial charge in [-0.3, -0.25) is 9.69 Å². The van der Waals surface area contributed by atoms with Gasteiger partial charge in [0, 0.05) is 51.4 Å². The Kier molecular flexibility index (Phi) is 11.7. The first-order valence-corrected chi connectivity index (χ1v) is 10.7. The third-order valence-electron chi connectivity index (χ3n) is 4.74. The highest BCUT2D eigenvalue weighted by molar-refractivity contribution is 5.76. The topological polar surface area (TPSA) is 45.7 Å². The van der Waals surface area contributed by atoms with Crippen LogP contribution >= 0.6 is 0 Å².